The van der Waals surface area contributed by atoms with Crippen molar-refractivity contribution in [1.82, 2.24) is 0 Å². The van der Waals surface area contributed by atoms with Crippen LogP contribution in [-0.2, 0) is 9.53 Å². The van der Waals surface area contributed by atoms with Crippen LogP contribution in [0.25, 0.3) is 0 Å². The van der Waals surface area contributed by atoms with Crippen molar-refractivity contribution >= 4 is 5.97 Å². The average molecular weight is 457 g/mol. The highest BCUT2D eigenvalue weighted by Crippen LogP contribution is 2.88. The van der Waals surface area contributed by atoms with E-state index in [0.29, 0.717) is 27.6 Å². The van der Waals surface area contributed by atoms with Crippen molar-refractivity contribution in [3.8, 4) is 0 Å². The lowest BCUT2D eigenvalue weighted by Gasteiger charge is -2.62. The van der Waals surface area contributed by atoms with Crippen molar-refractivity contribution < 1.29 is 9.53 Å². The molecule has 0 aromatic rings. The van der Waals surface area contributed by atoms with Gasteiger partial charge in [0.05, 0.1) is 0 Å². The minimum absolute atomic E-state index is 0.0811. The van der Waals surface area contributed by atoms with E-state index in [-0.39, 0.29) is 12.1 Å². The van der Waals surface area contributed by atoms with Gasteiger partial charge in [-0.1, -0.05) is 60.8 Å². The molecule has 0 aromatic carbocycles. The van der Waals surface area contributed by atoms with Gasteiger partial charge in [-0.25, -0.2) is 0 Å². The van der Waals surface area contributed by atoms with Gasteiger partial charge in [0.1, 0.15) is 6.10 Å². The first-order valence-corrected chi connectivity index (χ1v) is 14.7. The Balaban J connectivity index is 1.35. The van der Waals surface area contributed by atoms with Crippen molar-refractivity contribution in [1.29, 1.82) is 0 Å². The molecule has 5 saturated carbocycles. The summed E-state index contributed by atoms with van der Waals surface area (Å²) in [6.45, 7) is 16.8. The molecular weight excluding hydrogens is 404 g/mol. The van der Waals surface area contributed by atoms with Gasteiger partial charge in [-0.2, -0.15) is 0 Å². The van der Waals surface area contributed by atoms with Crippen LogP contribution >= 0.6 is 0 Å². The lowest BCUT2D eigenvalue weighted by molar-refractivity contribution is -0.165. The van der Waals surface area contributed by atoms with Gasteiger partial charge in [-0.3, -0.25) is 4.79 Å². The van der Waals surface area contributed by atoms with Crippen LogP contribution in [0.5, 0.6) is 0 Å². The van der Waals surface area contributed by atoms with E-state index in [9.17, 15) is 4.79 Å². The molecule has 33 heavy (non-hydrogen) atoms. The molecule has 0 heterocycles. The third kappa shape index (κ3) is 3.27. The topological polar surface area (TPSA) is 26.3 Å². The SMILES string of the molecule is CC(=O)O[C@@H]1CC[C@]23C[C@]24CC[C@]2(C)[C@@H]([C@H](C)CCCC(C)C)CC[C@@]2(C)[C@@H]4CC[C@H]3[C@@H]1C. The fourth-order valence-electron chi connectivity index (χ4n) is 11.4. The van der Waals surface area contributed by atoms with E-state index in [0.717, 1.165) is 36.0 Å². The Morgan fingerprint density at radius 3 is 2.36 bits per heavy atom. The van der Waals surface area contributed by atoms with Crippen LogP contribution < -0.4 is 0 Å². The van der Waals surface area contributed by atoms with Crippen LogP contribution in [0.15, 0.2) is 0 Å². The second-order valence-electron chi connectivity index (χ2n) is 14.6. The zero-order chi connectivity index (χ0) is 23.8. The van der Waals surface area contributed by atoms with E-state index in [1.807, 2.05) is 0 Å². The van der Waals surface area contributed by atoms with Crippen LogP contribution in [-0.4, -0.2) is 12.1 Å². The Hall–Kier alpha value is -0.530. The van der Waals surface area contributed by atoms with Gasteiger partial charge in [0, 0.05) is 6.92 Å². The largest absolute Gasteiger partial charge is 0.462 e. The lowest BCUT2D eigenvalue weighted by atomic mass is 9.43. The fraction of sp³-hybridized carbons (Fsp3) is 0.968. The van der Waals surface area contributed by atoms with Gasteiger partial charge < -0.3 is 4.74 Å². The Morgan fingerprint density at radius 2 is 1.67 bits per heavy atom. The number of ether oxygens (including phenoxy) is 1. The molecule has 188 valence electrons. The number of carbonyl (C=O) groups excluding carboxylic acids is 1. The first-order chi connectivity index (χ1) is 15.5. The summed E-state index contributed by atoms with van der Waals surface area (Å²) >= 11 is 0. The maximum atomic E-state index is 11.7. The fourth-order valence-corrected chi connectivity index (χ4v) is 11.4. The van der Waals surface area contributed by atoms with Crippen molar-refractivity contribution in [3.05, 3.63) is 0 Å². The summed E-state index contributed by atoms with van der Waals surface area (Å²) in [4.78, 5) is 11.7. The zero-order valence-electron chi connectivity index (χ0n) is 22.8. The van der Waals surface area contributed by atoms with Crippen molar-refractivity contribution in [2.75, 3.05) is 0 Å². The van der Waals surface area contributed by atoms with Gasteiger partial charge in [-0.15, -0.1) is 0 Å². The molecule has 0 bridgehead atoms. The molecule has 0 amide bonds. The minimum Gasteiger partial charge on any atom is -0.462 e. The Morgan fingerprint density at radius 1 is 0.909 bits per heavy atom. The maximum absolute atomic E-state index is 11.7. The van der Waals surface area contributed by atoms with Gasteiger partial charge in [0.25, 0.3) is 0 Å². The first-order valence-electron chi connectivity index (χ1n) is 14.7. The van der Waals surface area contributed by atoms with Crippen LogP contribution in [0, 0.1) is 57.2 Å². The summed E-state index contributed by atoms with van der Waals surface area (Å²) in [5.74, 6) is 4.84. The molecule has 2 nitrogen and oxygen atoms in total. The molecule has 2 heteroatoms. The Labute approximate surface area is 204 Å². The molecule has 0 N–H and O–H groups in total. The van der Waals surface area contributed by atoms with E-state index >= 15 is 0 Å². The standard InChI is InChI=1S/C31H52O2/c1-20(2)9-8-10-21(3)24-13-15-29(7)27-12-11-25-22(4)26(33-23(5)32)14-16-30(25)19-31(27,30)18-17-28(24,29)6/h20-22,24-27H,8-19H2,1-7H3/t21-,22+,24-,25+,26-,27+,28-,29+,30-,31+/m1/s1. The Bertz CT molecular complexity index is 773. The number of fused-ring (bicyclic) bond motifs is 2. The second-order valence-corrected chi connectivity index (χ2v) is 14.6. The predicted octanol–water partition coefficient (Wildman–Crippen LogP) is 8.43. The molecule has 5 rings (SSSR count). The normalized spacial score (nSPS) is 51.2. The summed E-state index contributed by atoms with van der Waals surface area (Å²) in [6, 6.07) is 0. The third-order valence-corrected chi connectivity index (χ3v) is 13.1. The van der Waals surface area contributed by atoms with Gasteiger partial charge in [0.15, 0.2) is 0 Å². The van der Waals surface area contributed by atoms with E-state index in [1.54, 1.807) is 6.92 Å². The number of hydrogen-bond acceptors (Lipinski definition) is 2. The van der Waals surface area contributed by atoms with E-state index in [1.165, 1.54) is 70.6 Å². The summed E-state index contributed by atoms with van der Waals surface area (Å²) in [6.07, 6.45) is 17.1. The molecule has 5 aliphatic rings. The highest BCUT2D eigenvalue weighted by molar-refractivity contribution is 5.66. The summed E-state index contributed by atoms with van der Waals surface area (Å²) < 4.78 is 5.80. The van der Waals surface area contributed by atoms with Gasteiger partial charge >= 0.3 is 5.97 Å². The van der Waals surface area contributed by atoms with Crippen LogP contribution in [0.4, 0.5) is 0 Å². The molecule has 0 aliphatic heterocycles. The molecule has 10 atom stereocenters. The van der Waals surface area contributed by atoms with Crippen molar-refractivity contribution in [2.24, 2.45) is 57.2 Å². The zero-order valence-corrected chi connectivity index (χ0v) is 22.8. The second kappa shape index (κ2) is 7.99. The van der Waals surface area contributed by atoms with Crippen molar-refractivity contribution in [3.63, 3.8) is 0 Å². The van der Waals surface area contributed by atoms with Crippen LogP contribution in [0.2, 0.25) is 0 Å². The van der Waals surface area contributed by atoms with E-state index in [4.69, 9.17) is 4.74 Å². The molecule has 0 aromatic heterocycles. The number of carbonyl (C=O) groups is 1. The first kappa shape index (κ1) is 24.2. The number of rotatable bonds is 6. The van der Waals surface area contributed by atoms with Crippen molar-refractivity contribution in [2.45, 2.75) is 132 Å². The lowest BCUT2D eigenvalue weighted by Crippen LogP contribution is -2.56. The smallest absolute Gasteiger partial charge is 0.302 e. The molecule has 0 saturated heterocycles. The molecule has 0 unspecified atom stereocenters. The predicted molar refractivity (Wildman–Crippen MR) is 136 cm³/mol. The molecule has 5 fully saturated rings. The molecular formula is C31H52O2. The van der Waals surface area contributed by atoms with E-state index < -0.39 is 0 Å². The highest BCUT2D eigenvalue weighted by atomic mass is 16.5. The number of hydrogen-bond donors (Lipinski definition) is 0. The highest BCUT2D eigenvalue weighted by Gasteiger charge is 2.81. The Kier molecular flexibility index (Phi) is 5.85. The van der Waals surface area contributed by atoms with E-state index in [2.05, 4.69) is 41.5 Å². The maximum Gasteiger partial charge on any atom is 0.302 e. The number of esters is 1. The third-order valence-electron chi connectivity index (χ3n) is 13.1. The minimum atomic E-state index is -0.0811. The molecule has 5 aliphatic carbocycles. The monoisotopic (exact) mass is 456 g/mol. The van der Waals surface area contributed by atoms with Crippen LogP contribution in [0.1, 0.15) is 126 Å². The molecule has 0 radical (unpaired) electrons. The molecule has 2 spiro atoms. The van der Waals surface area contributed by atoms with Gasteiger partial charge in [0.2, 0.25) is 0 Å². The quantitative estimate of drug-likeness (QED) is 0.375. The summed E-state index contributed by atoms with van der Waals surface area (Å²) in [5.41, 5.74) is 2.27. The summed E-state index contributed by atoms with van der Waals surface area (Å²) in [7, 11) is 0. The van der Waals surface area contributed by atoms with Gasteiger partial charge in [-0.05, 0) is 115 Å². The van der Waals surface area contributed by atoms with Crippen LogP contribution in [0.3, 0.4) is 0 Å². The average Bonchev–Trinajstić information content (AvgIpc) is 3.32. The summed E-state index contributed by atoms with van der Waals surface area (Å²) in [5, 5.41) is 0.